The molecule has 3 rings (SSSR count). The lowest BCUT2D eigenvalue weighted by molar-refractivity contribution is 0.0695. The van der Waals surface area contributed by atoms with E-state index in [9.17, 15) is 14.4 Å². The molecule has 20 heavy (non-hydrogen) atoms. The Hall–Kier alpha value is -2.27. The minimum atomic E-state index is -1.15. The van der Waals surface area contributed by atoms with Crippen LogP contribution >= 0.6 is 15.9 Å². The number of hydrogen-bond donors (Lipinski definition) is 1. The van der Waals surface area contributed by atoms with E-state index in [4.69, 9.17) is 5.11 Å². The Morgan fingerprint density at radius 3 is 1.90 bits per heavy atom. The maximum absolute atomic E-state index is 12.4. The van der Waals surface area contributed by atoms with Gasteiger partial charge in [-0.05, 0) is 28.1 Å². The van der Waals surface area contributed by atoms with Crippen LogP contribution in [-0.2, 0) is 0 Å². The summed E-state index contributed by atoms with van der Waals surface area (Å²) in [5.74, 6) is -1.75. The highest BCUT2D eigenvalue weighted by Gasteiger charge is 2.30. The van der Waals surface area contributed by atoms with Gasteiger partial charge in [0, 0.05) is 26.7 Å². The highest BCUT2D eigenvalue weighted by molar-refractivity contribution is 9.10. The summed E-state index contributed by atoms with van der Waals surface area (Å²) < 4.78 is 0.282. The lowest BCUT2D eigenvalue weighted by Crippen LogP contribution is -2.21. The van der Waals surface area contributed by atoms with Gasteiger partial charge < -0.3 is 5.11 Å². The van der Waals surface area contributed by atoms with Crippen LogP contribution in [0.5, 0.6) is 0 Å². The van der Waals surface area contributed by atoms with E-state index in [0.717, 1.165) is 0 Å². The number of carbonyl (C=O) groups excluding carboxylic acids is 2. The third kappa shape index (κ3) is 1.71. The SMILES string of the molecule is O=C(O)c1cc2c(cc1Br)C(=O)c1ccccc1C2=O. The van der Waals surface area contributed by atoms with E-state index >= 15 is 0 Å². The molecule has 0 aliphatic heterocycles. The average molecular weight is 331 g/mol. The first-order valence-corrected chi connectivity index (χ1v) is 6.55. The maximum Gasteiger partial charge on any atom is 0.336 e. The number of aromatic carboxylic acids is 1. The monoisotopic (exact) mass is 330 g/mol. The molecule has 0 heterocycles. The van der Waals surface area contributed by atoms with Gasteiger partial charge in [-0.25, -0.2) is 4.79 Å². The molecule has 0 saturated carbocycles. The van der Waals surface area contributed by atoms with Gasteiger partial charge in [-0.15, -0.1) is 0 Å². The maximum atomic E-state index is 12.4. The molecular weight excluding hydrogens is 324 g/mol. The number of halogens is 1. The van der Waals surface area contributed by atoms with Crippen LogP contribution in [0.3, 0.4) is 0 Å². The van der Waals surface area contributed by atoms with E-state index in [1.807, 2.05) is 0 Å². The van der Waals surface area contributed by atoms with Crippen molar-refractivity contribution in [1.29, 1.82) is 0 Å². The lowest BCUT2D eigenvalue weighted by atomic mass is 9.83. The normalized spacial score (nSPS) is 12.8. The summed E-state index contributed by atoms with van der Waals surface area (Å²) in [7, 11) is 0. The number of fused-ring (bicyclic) bond motifs is 2. The second kappa shape index (κ2) is 4.38. The Labute approximate surface area is 122 Å². The zero-order chi connectivity index (χ0) is 14.4. The number of rotatable bonds is 1. The third-order valence-electron chi connectivity index (χ3n) is 3.24. The molecule has 2 aromatic rings. The van der Waals surface area contributed by atoms with Gasteiger partial charge in [0.25, 0.3) is 0 Å². The van der Waals surface area contributed by atoms with Crippen LogP contribution < -0.4 is 0 Å². The minimum Gasteiger partial charge on any atom is -0.478 e. The van der Waals surface area contributed by atoms with E-state index in [-0.39, 0.29) is 32.7 Å². The second-order valence-electron chi connectivity index (χ2n) is 4.39. The number of hydrogen-bond acceptors (Lipinski definition) is 3. The quantitative estimate of drug-likeness (QED) is 0.744. The van der Waals surface area contributed by atoms with Gasteiger partial charge in [0.15, 0.2) is 11.6 Å². The molecule has 1 aliphatic rings. The zero-order valence-corrected chi connectivity index (χ0v) is 11.6. The van der Waals surface area contributed by atoms with Gasteiger partial charge in [0.1, 0.15) is 0 Å². The Balaban J connectivity index is 2.31. The highest BCUT2D eigenvalue weighted by atomic mass is 79.9. The first kappa shape index (κ1) is 12.7. The second-order valence-corrected chi connectivity index (χ2v) is 5.24. The van der Waals surface area contributed by atoms with Gasteiger partial charge in [-0.3, -0.25) is 9.59 Å². The van der Waals surface area contributed by atoms with Crippen LogP contribution in [0.4, 0.5) is 0 Å². The molecule has 0 unspecified atom stereocenters. The molecule has 2 aromatic carbocycles. The van der Waals surface area contributed by atoms with Crippen molar-refractivity contribution in [3.8, 4) is 0 Å². The van der Waals surface area contributed by atoms with Crippen molar-refractivity contribution < 1.29 is 19.5 Å². The van der Waals surface area contributed by atoms with Crippen LogP contribution in [0, 0.1) is 0 Å². The molecule has 0 bridgehead atoms. The first-order valence-electron chi connectivity index (χ1n) is 5.76. The van der Waals surface area contributed by atoms with Crippen molar-refractivity contribution in [2.75, 3.05) is 0 Å². The predicted molar refractivity (Wildman–Crippen MR) is 74.4 cm³/mol. The summed E-state index contributed by atoms with van der Waals surface area (Å²) in [5, 5.41) is 9.09. The van der Waals surface area contributed by atoms with Crippen molar-refractivity contribution in [1.82, 2.24) is 0 Å². The van der Waals surface area contributed by atoms with Gasteiger partial charge in [0.2, 0.25) is 0 Å². The fourth-order valence-electron chi connectivity index (χ4n) is 2.28. The summed E-state index contributed by atoms with van der Waals surface area (Å²) >= 11 is 3.12. The molecule has 0 aromatic heterocycles. The van der Waals surface area contributed by atoms with Crippen molar-refractivity contribution in [2.24, 2.45) is 0 Å². The minimum absolute atomic E-state index is 0.0377. The topological polar surface area (TPSA) is 71.4 Å². The number of ketones is 2. The molecule has 4 nitrogen and oxygen atoms in total. The van der Waals surface area contributed by atoms with Gasteiger partial charge in [-0.2, -0.15) is 0 Å². The molecule has 0 spiro atoms. The standard InChI is InChI=1S/C15H7BrO4/c16-12-6-10-9(5-11(12)15(19)20)13(17)7-3-1-2-4-8(7)14(10)18/h1-6H,(H,19,20). The van der Waals surface area contributed by atoms with E-state index in [2.05, 4.69) is 15.9 Å². The fraction of sp³-hybridized carbons (Fsp3) is 0. The Bertz CT molecular complexity index is 792. The summed E-state index contributed by atoms with van der Waals surface area (Å²) in [6.45, 7) is 0. The smallest absolute Gasteiger partial charge is 0.336 e. The summed E-state index contributed by atoms with van der Waals surface area (Å²) in [6, 6.07) is 9.17. The molecule has 0 atom stereocenters. The van der Waals surface area contributed by atoms with Crippen molar-refractivity contribution in [2.45, 2.75) is 0 Å². The zero-order valence-electron chi connectivity index (χ0n) is 10.0. The van der Waals surface area contributed by atoms with E-state index < -0.39 is 5.97 Å². The van der Waals surface area contributed by atoms with Crippen molar-refractivity contribution >= 4 is 33.5 Å². The average Bonchev–Trinajstić information content (AvgIpc) is 2.44. The number of benzene rings is 2. The number of carboxylic acids is 1. The molecule has 1 N–H and O–H groups in total. The molecule has 0 amide bonds. The van der Waals surface area contributed by atoms with E-state index in [0.29, 0.717) is 11.1 Å². The number of carboxylic acid groups (broad SMARTS) is 1. The Morgan fingerprint density at radius 2 is 1.40 bits per heavy atom. The van der Waals surface area contributed by atoms with Crippen LogP contribution in [0.15, 0.2) is 40.9 Å². The summed E-state index contributed by atoms with van der Waals surface area (Å²) in [5.41, 5.74) is 0.979. The van der Waals surface area contributed by atoms with Crippen molar-refractivity contribution in [3.05, 3.63) is 68.7 Å². The van der Waals surface area contributed by atoms with E-state index in [1.165, 1.54) is 12.1 Å². The molecule has 0 radical (unpaired) electrons. The summed E-state index contributed by atoms with van der Waals surface area (Å²) in [6.07, 6.45) is 0. The van der Waals surface area contributed by atoms with Crippen LogP contribution in [0.25, 0.3) is 0 Å². The van der Waals surface area contributed by atoms with Gasteiger partial charge in [0.05, 0.1) is 5.56 Å². The van der Waals surface area contributed by atoms with Gasteiger partial charge in [-0.1, -0.05) is 24.3 Å². The fourth-order valence-corrected chi connectivity index (χ4v) is 2.80. The van der Waals surface area contributed by atoms with Crippen LogP contribution in [0.1, 0.15) is 42.2 Å². The highest BCUT2D eigenvalue weighted by Crippen LogP contribution is 2.31. The molecule has 0 saturated heterocycles. The van der Waals surface area contributed by atoms with E-state index in [1.54, 1.807) is 24.3 Å². The largest absolute Gasteiger partial charge is 0.478 e. The lowest BCUT2D eigenvalue weighted by Gasteiger charge is -2.18. The first-order chi connectivity index (χ1) is 9.50. The summed E-state index contributed by atoms with van der Waals surface area (Å²) in [4.78, 5) is 35.9. The molecular formula is C15H7BrO4. The van der Waals surface area contributed by atoms with Crippen LogP contribution in [0.2, 0.25) is 0 Å². The third-order valence-corrected chi connectivity index (χ3v) is 3.90. The number of carbonyl (C=O) groups is 3. The Morgan fingerprint density at radius 1 is 0.900 bits per heavy atom. The Kier molecular flexibility index (Phi) is 2.79. The molecule has 0 fully saturated rings. The predicted octanol–water partition coefficient (Wildman–Crippen LogP) is 2.92. The molecule has 5 heteroatoms. The van der Waals surface area contributed by atoms with Gasteiger partial charge >= 0.3 is 5.97 Å². The van der Waals surface area contributed by atoms with Crippen molar-refractivity contribution in [3.63, 3.8) is 0 Å². The molecule has 1 aliphatic carbocycles. The van der Waals surface area contributed by atoms with Crippen LogP contribution in [-0.4, -0.2) is 22.6 Å². The molecule has 98 valence electrons.